The molecular formula is C22H29N3O3. The van der Waals surface area contributed by atoms with Gasteiger partial charge in [-0.25, -0.2) is 4.79 Å². The standard InChI is InChI=1S/C22H29N3O3/c1-17-5-3-6-18(2)21(17)24-22(26)23-16-19-7-4-8-20(15-19)28-14-11-25-9-12-27-13-10-25/h3-8,15H,9-14,16H2,1-2H3,(H2,23,24,26). The molecule has 2 aromatic carbocycles. The van der Waals surface area contributed by atoms with E-state index in [0.29, 0.717) is 13.2 Å². The van der Waals surface area contributed by atoms with Gasteiger partial charge in [0.15, 0.2) is 0 Å². The van der Waals surface area contributed by atoms with Crippen LogP contribution in [-0.4, -0.2) is 50.4 Å². The normalized spacial score (nSPS) is 14.5. The third-order valence-electron chi connectivity index (χ3n) is 4.85. The molecular weight excluding hydrogens is 354 g/mol. The van der Waals surface area contributed by atoms with Crippen LogP contribution in [0.5, 0.6) is 5.75 Å². The molecule has 2 N–H and O–H groups in total. The van der Waals surface area contributed by atoms with Gasteiger partial charge < -0.3 is 20.1 Å². The van der Waals surface area contributed by atoms with E-state index in [0.717, 1.165) is 61.0 Å². The van der Waals surface area contributed by atoms with Crippen molar-refractivity contribution in [1.29, 1.82) is 0 Å². The van der Waals surface area contributed by atoms with Crippen LogP contribution in [0.2, 0.25) is 0 Å². The van der Waals surface area contributed by atoms with Crippen molar-refractivity contribution in [1.82, 2.24) is 10.2 Å². The van der Waals surface area contributed by atoms with E-state index in [2.05, 4.69) is 15.5 Å². The summed E-state index contributed by atoms with van der Waals surface area (Å²) < 4.78 is 11.2. The lowest BCUT2D eigenvalue weighted by molar-refractivity contribution is 0.0322. The van der Waals surface area contributed by atoms with Gasteiger partial charge >= 0.3 is 6.03 Å². The molecule has 0 saturated carbocycles. The molecule has 1 heterocycles. The fourth-order valence-electron chi connectivity index (χ4n) is 3.21. The molecule has 6 nitrogen and oxygen atoms in total. The predicted molar refractivity (Wildman–Crippen MR) is 111 cm³/mol. The number of aryl methyl sites for hydroxylation is 2. The molecule has 0 bridgehead atoms. The van der Waals surface area contributed by atoms with Gasteiger partial charge in [0.05, 0.1) is 13.2 Å². The van der Waals surface area contributed by atoms with Crippen LogP contribution in [0.15, 0.2) is 42.5 Å². The Morgan fingerprint density at radius 1 is 1.11 bits per heavy atom. The Kier molecular flexibility index (Phi) is 7.28. The van der Waals surface area contributed by atoms with Crippen molar-refractivity contribution in [3.63, 3.8) is 0 Å². The Bertz CT molecular complexity index is 768. The maximum atomic E-state index is 12.3. The predicted octanol–water partition coefficient (Wildman–Crippen LogP) is 3.34. The number of carbonyl (C=O) groups is 1. The van der Waals surface area contributed by atoms with E-state index < -0.39 is 0 Å². The Morgan fingerprint density at radius 3 is 2.57 bits per heavy atom. The molecule has 150 valence electrons. The summed E-state index contributed by atoms with van der Waals surface area (Å²) >= 11 is 0. The van der Waals surface area contributed by atoms with Crippen molar-refractivity contribution >= 4 is 11.7 Å². The van der Waals surface area contributed by atoms with Crippen LogP contribution in [-0.2, 0) is 11.3 Å². The summed E-state index contributed by atoms with van der Waals surface area (Å²) in [6, 6.07) is 13.6. The van der Waals surface area contributed by atoms with Gasteiger partial charge in [-0.15, -0.1) is 0 Å². The Labute approximate surface area is 166 Å². The Hall–Kier alpha value is -2.57. The zero-order chi connectivity index (χ0) is 19.8. The Morgan fingerprint density at radius 2 is 1.82 bits per heavy atom. The van der Waals surface area contributed by atoms with Crippen LogP contribution < -0.4 is 15.4 Å². The summed E-state index contributed by atoms with van der Waals surface area (Å²) in [5.41, 5.74) is 3.96. The first-order valence-corrected chi connectivity index (χ1v) is 9.75. The van der Waals surface area contributed by atoms with Crippen LogP contribution in [0.4, 0.5) is 10.5 Å². The van der Waals surface area contributed by atoms with E-state index in [1.807, 2.05) is 56.3 Å². The maximum absolute atomic E-state index is 12.3. The van der Waals surface area contributed by atoms with Crippen LogP contribution in [0, 0.1) is 13.8 Å². The second-order valence-corrected chi connectivity index (χ2v) is 7.02. The van der Waals surface area contributed by atoms with E-state index >= 15 is 0 Å². The highest BCUT2D eigenvalue weighted by Crippen LogP contribution is 2.19. The molecule has 0 aliphatic carbocycles. The van der Waals surface area contributed by atoms with Gasteiger partial charge in [0.1, 0.15) is 12.4 Å². The molecule has 1 aliphatic rings. The van der Waals surface area contributed by atoms with Gasteiger partial charge in [-0.2, -0.15) is 0 Å². The molecule has 0 spiro atoms. The van der Waals surface area contributed by atoms with Crippen molar-refractivity contribution in [3.05, 3.63) is 59.2 Å². The largest absolute Gasteiger partial charge is 0.492 e. The van der Waals surface area contributed by atoms with E-state index in [-0.39, 0.29) is 6.03 Å². The van der Waals surface area contributed by atoms with E-state index in [4.69, 9.17) is 9.47 Å². The number of hydrogen-bond acceptors (Lipinski definition) is 4. The van der Waals surface area contributed by atoms with Crippen LogP contribution in [0.25, 0.3) is 0 Å². The second-order valence-electron chi connectivity index (χ2n) is 7.02. The SMILES string of the molecule is Cc1cccc(C)c1NC(=O)NCc1cccc(OCCN2CCOCC2)c1. The summed E-state index contributed by atoms with van der Waals surface area (Å²) in [7, 11) is 0. The van der Waals surface area contributed by atoms with Gasteiger partial charge in [0.25, 0.3) is 0 Å². The zero-order valence-electron chi connectivity index (χ0n) is 16.7. The minimum Gasteiger partial charge on any atom is -0.492 e. The van der Waals surface area contributed by atoms with Gasteiger partial charge in [0.2, 0.25) is 0 Å². The number of anilines is 1. The number of benzene rings is 2. The minimum atomic E-state index is -0.212. The van der Waals surface area contributed by atoms with E-state index in [1.165, 1.54) is 0 Å². The fourth-order valence-corrected chi connectivity index (χ4v) is 3.21. The number of ether oxygens (including phenoxy) is 2. The molecule has 1 aliphatic heterocycles. The topological polar surface area (TPSA) is 62.8 Å². The Balaban J connectivity index is 1.45. The monoisotopic (exact) mass is 383 g/mol. The number of urea groups is 1. The lowest BCUT2D eigenvalue weighted by Gasteiger charge is -2.26. The number of carbonyl (C=O) groups excluding carboxylic acids is 1. The third-order valence-corrected chi connectivity index (χ3v) is 4.85. The molecule has 2 amide bonds. The molecule has 6 heteroatoms. The van der Waals surface area contributed by atoms with Crippen LogP contribution in [0.1, 0.15) is 16.7 Å². The van der Waals surface area contributed by atoms with Gasteiger partial charge in [-0.3, -0.25) is 4.90 Å². The highest BCUT2D eigenvalue weighted by molar-refractivity contribution is 5.90. The third kappa shape index (κ3) is 5.97. The number of nitrogens with zero attached hydrogens (tertiary/aromatic N) is 1. The first-order chi connectivity index (χ1) is 13.6. The van der Waals surface area contributed by atoms with Crippen LogP contribution in [0.3, 0.4) is 0 Å². The van der Waals surface area contributed by atoms with Crippen molar-refractivity contribution in [3.8, 4) is 5.75 Å². The van der Waals surface area contributed by atoms with E-state index in [1.54, 1.807) is 0 Å². The number of rotatable bonds is 7. The summed E-state index contributed by atoms with van der Waals surface area (Å²) in [5, 5.41) is 5.85. The van der Waals surface area contributed by atoms with Crippen molar-refractivity contribution < 1.29 is 14.3 Å². The molecule has 1 fully saturated rings. The molecule has 1 saturated heterocycles. The van der Waals surface area contributed by atoms with E-state index in [9.17, 15) is 4.79 Å². The number of amides is 2. The first kappa shape index (κ1) is 20.2. The number of nitrogens with one attached hydrogen (secondary N) is 2. The molecule has 28 heavy (non-hydrogen) atoms. The molecule has 2 aromatic rings. The van der Waals surface area contributed by atoms with Crippen molar-refractivity contribution in [2.75, 3.05) is 44.8 Å². The number of morpholine rings is 1. The van der Waals surface area contributed by atoms with Crippen molar-refractivity contribution in [2.45, 2.75) is 20.4 Å². The average Bonchev–Trinajstić information content (AvgIpc) is 2.70. The zero-order valence-corrected chi connectivity index (χ0v) is 16.7. The molecule has 0 aromatic heterocycles. The highest BCUT2D eigenvalue weighted by atomic mass is 16.5. The summed E-state index contributed by atoms with van der Waals surface area (Å²) in [6.07, 6.45) is 0. The average molecular weight is 383 g/mol. The summed E-state index contributed by atoms with van der Waals surface area (Å²) in [4.78, 5) is 14.6. The van der Waals surface area contributed by atoms with Gasteiger partial charge in [-0.1, -0.05) is 30.3 Å². The lowest BCUT2D eigenvalue weighted by Crippen LogP contribution is -2.38. The fraction of sp³-hybridized carbons (Fsp3) is 0.409. The molecule has 0 unspecified atom stereocenters. The lowest BCUT2D eigenvalue weighted by atomic mass is 10.1. The molecule has 0 atom stereocenters. The summed E-state index contributed by atoms with van der Waals surface area (Å²) in [5.74, 6) is 0.822. The second kappa shape index (κ2) is 10.1. The first-order valence-electron chi connectivity index (χ1n) is 9.75. The van der Waals surface area contributed by atoms with Gasteiger partial charge in [0, 0.05) is 31.9 Å². The quantitative estimate of drug-likeness (QED) is 0.770. The number of hydrogen-bond donors (Lipinski definition) is 2. The summed E-state index contributed by atoms with van der Waals surface area (Å²) in [6.45, 7) is 9.47. The highest BCUT2D eigenvalue weighted by Gasteiger charge is 2.10. The molecule has 0 radical (unpaired) electrons. The minimum absolute atomic E-state index is 0.212. The smallest absolute Gasteiger partial charge is 0.319 e. The number of para-hydroxylation sites is 1. The molecule has 3 rings (SSSR count). The van der Waals surface area contributed by atoms with Crippen LogP contribution >= 0.6 is 0 Å². The van der Waals surface area contributed by atoms with Gasteiger partial charge in [-0.05, 0) is 42.7 Å². The van der Waals surface area contributed by atoms with Crippen molar-refractivity contribution in [2.24, 2.45) is 0 Å². The maximum Gasteiger partial charge on any atom is 0.319 e.